The maximum absolute atomic E-state index is 14.0. The minimum atomic E-state index is -0.563. The molecule has 0 aliphatic carbocycles. The van der Waals surface area contributed by atoms with Crippen molar-refractivity contribution in [2.24, 2.45) is 0 Å². The Hall–Kier alpha value is -2.90. The second-order valence-corrected chi connectivity index (χ2v) is 6.61. The van der Waals surface area contributed by atoms with Gasteiger partial charge in [0.2, 0.25) is 5.78 Å². The SMILES string of the molecule is O=C1C(=Cc2c(F)cccc2Cl)Oc2cc(OC(=O)N3CCOCC3)ccc21. The Labute approximate surface area is 165 Å². The number of hydrogen-bond donors (Lipinski definition) is 0. The van der Waals surface area contributed by atoms with E-state index >= 15 is 0 Å². The van der Waals surface area contributed by atoms with Gasteiger partial charge < -0.3 is 19.1 Å². The molecule has 2 aromatic carbocycles. The zero-order valence-corrected chi connectivity index (χ0v) is 15.4. The summed E-state index contributed by atoms with van der Waals surface area (Å²) in [5, 5.41) is 0.167. The molecule has 1 saturated heterocycles. The summed E-state index contributed by atoms with van der Waals surface area (Å²) in [6, 6.07) is 8.71. The lowest BCUT2D eigenvalue weighted by atomic mass is 10.1. The Morgan fingerprint density at radius 2 is 2.00 bits per heavy atom. The molecule has 0 radical (unpaired) electrons. The van der Waals surface area contributed by atoms with Crippen molar-refractivity contribution in [3.8, 4) is 11.5 Å². The zero-order chi connectivity index (χ0) is 19.7. The minimum absolute atomic E-state index is 0.0568. The van der Waals surface area contributed by atoms with Crippen LogP contribution in [-0.4, -0.2) is 43.1 Å². The zero-order valence-electron chi connectivity index (χ0n) is 14.6. The lowest BCUT2D eigenvalue weighted by Crippen LogP contribution is -2.42. The fourth-order valence-corrected chi connectivity index (χ4v) is 3.14. The standard InChI is InChI=1S/C20H15ClFNO5/c21-15-2-1-3-16(22)14(15)11-18-19(24)13-5-4-12(10-17(13)28-18)27-20(25)23-6-8-26-9-7-23/h1-5,10-11H,6-9H2. The molecule has 1 fully saturated rings. The van der Waals surface area contributed by atoms with Gasteiger partial charge in [-0.3, -0.25) is 4.79 Å². The van der Waals surface area contributed by atoms with Gasteiger partial charge in [0.15, 0.2) is 5.76 Å². The molecule has 4 rings (SSSR count). The van der Waals surface area contributed by atoms with Crippen LogP contribution in [0.25, 0.3) is 6.08 Å². The molecule has 6 nitrogen and oxygen atoms in total. The van der Waals surface area contributed by atoms with E-state index in [2.05, 4.69) is 0 Å². The number of ether oxygens (including phenoxy) is 3. The highest BCUT2D eigenvalue weighted by atomic mass is 35.5. The number of rotatable bonds is 2. The third kappa shape index (κ3) is 3.58. The van der Waals surface area contributed by atoms with Crippen LogP contribution in [0.2, 0.25) is 5.02 Å². The van der Waals surface area contributed by atoms with Crippen LogP contribution in [-0.2, 0) is 4.74 Å². The lowest BCUT2D eigenvalue weighted by Gasteiger charge is -2.25. The summed E-state index contributed by atoms with van der Waals surface area (Å²) < 4.78 is 30.1. The normalized spacial score (nSPS) is 17.4. The second-order valence-electron chi connectivity index (χ2n) is 6.20. The molecular weight excluding hydrogens is 389 g/mol. The van der Waals surface area contributed by atoms with E-state index in [4.69, 9.17) is 25.8 Å². The molecule has 0 N–H and O–H groups in total. The smallest absolute Gasteiger partial charge is 0.415 e. The van der Waals surface area contributed by atoms with Gasteiger partial charge >= 0.3 is 6.09 Å². The van der Waals surface area contributed by atoms with Crippen molar-refractivity contribution in [1.29, 1.82) is 0 Å². The van der Waals surface area contributed by atoms with Crippen molar-refractivity contribution in [2.45, 2.75) is 0 Å². The number of hydrogen-bond acceptors (Lipinski definition) is 5. The highest BCUT2D eigenvalue weighted by Crippen LogP contribution is 2.36. The van der Waals surface area contributed by atoms with E-state index in [0.717, 1.165) is 0 Å². The highest BCUT2D eigenvalue weighted by molar-refractivity contribution is 6.32. The second kappa shape index (κ2) is 7.61. The summed E-state index contributed by atoms with van der Waals surface area (Å²) in [6.07, 6.45) is 0.765. The fraction of sp³-hybridized carbons (Fsp3) is 0.200. The average Bonchev–Trinajstić information content (AvgIpc) is 3.00. The number of amides is 1. The van der Waals surface area contributed by atoms with Crippen LogP contribution >= 0.6 is 11.6 Å². The van der Waals surface area contributed by atoms with Gasteiger partial charge in [0, 0.05) is 24.7 Å². The number of allylic oxidation sites excluding steroid dienone is 1. The summed E-state index contributed by atoms with van der Waals surface area (Å²) in [7, 11) is 0. The van der Waals surface area contributed by atoms with Gasteiger partial charge in [-0.25, -0.2) is 9.18 Å². The van der Waals surface area contributed by atoms with Crippen molar-refractivity contribution < 1.29 is 28.2 Å². The molecule has 0 aromatic heterocycles. The monoisotopic (exact) mass is 403 g/mol. The fourth-order valence-electron chi connectivity index (χ4n) is 2.92. The average molecular weight is 404 g/mol. The summed E-state index contributed by atoms with van der Waals surface area (Å²) >= 11 is 6.00. The van der Waals surface area contributed by atoms with Gasteiger partial charge in [-0.1, -0.05) is 17.7 Å². The molecule has 2 heterocycles. The Morgan fingerprint density at radius 1 is 1.21 bits per heavy atom. The molecule has 0 bridgehead atoms. The molecule has 0 saturated carbocycles. The largest absolute Gasteiger partial charge is 0.452 e. The summed E-state index contributed by atoms with van der Waals surface area (Å²) in [6.45, 7) is 1.83. The number of ketones is 1. The topological polar surface area (TPSA) is 65.1 Å². The third-order valence-electron chi connectivity index (χ3n) is 4.39. The molecule has 2 aliphatic rings. The Kier molecular flexibility index (Phi) is 5.02. The summed E-state index contributed by atoms with van der Waals surface area (Å²) in [5.74, 6) is -0.546. The van der Waals surface area contributed by atoms with E-state index in [0.29, 0.717) is 31.9 Å². The van der Waals surface area contributed by atoms with E-state index in [-0.39, 0.29) is 27.8 Å². The van der Waals surface area contributed by atoms with E-state index in [1.54, 1.807) is 0 Å². The first-order valence-corrected chi connectivity index (χ1v) is 8.97. The number of carbonyl (C=O) groups is 2. The van der Waals surface area contributed by atoms with Crippen molar-refractivity contribution in [3.63, 3.8) is 0 Å². The molecule has 0 spiro atoms. The van der Waals surface area contributed by atoms with Crippen LogP contribution in [0.15, 0.2) is 42.2 Å². The third-order valence-corrected chi connectivity index (χ3v) is 4.72. The molecule has 28 heavy (non-hydrogen) atoms. The van der Waals surface area contributed by atoms with Gasteiger partial charge in [-0.2, -0.15) is 0 Å². The quantitative estimate of drug-likeness (QED) is 0.711. The first kappa shape index (κ1) is 18.5. The predicted octanol–water partition coefficient (Wildman–Crippen LogP) is 3.93. The van der Waals surface area contributed by atoms with E-state index < -0.39 is 17.7 Å². The Balaban J connectivity index is 1.54. The Bertz CT molecular complexity index is 964. The van der Waals surface area contributed by atoms with Crippen molar-refractivity contribution in [2.75, 3.05) is 26.3 Å². The number of fused-ring (bicyclic) bond motifs is 1. The first-order chi connectivity index (χ1) is 13.5. The van der Waals surface area contributed by atoms with Gasteiger partial charge in [-0.15, -0.1) is 0 Å². The first-order valence-electron chi connectivity index (χ1n) is 8.60. The molecule has 0 unspecified atom stereocenters. The van der Waals surface area contributed by atoms with E-state index in [1.807, 2.05) is 0 Å². The van der Waals surface area contributed by atoms with Gasteiger partial charge in [0.25, 0.3) is 0 Å². The minimum Gasteiger partial charge on any atom is -0.452 e. The van der Waals surface area contributed by atoms with Crippen LogP contribution in [0.1, 0.15) is 15.9 Å². The van der Waals surface area contributed by atoms with E-state index in [1.165, 1.54) is 47.4 Å². The molecular formula is C20H15ClFNO5. The van der Waals surface area contributed by atoms with E-state index in [9.17, 15) is 14.0 Å². The van der Waals surface area contributed by atoms with Crippen LogP contribution in [0.5, 0.6) is 11.5 Å². The molecule has 2 aliphatic heterocycles. The highest BCUT2D eigenvalue weighted by Gasteiger charge is 2.29. The summed E-state index contributed by atoms with van der Waals surface area (Å²) in [5.41, 5.74) is 0.365. The number of Topliss-reactive ketones (excluding diaryl/α,β-unsaturated/α-hetero) is 1. The van der Waals surface area contributed by atoms with Crippen LogP contribution in [0.3, 0.4) is 0 Å². The number of benzene rings is 2. The predicted molar refractivity (Wildman–Crippen MR) is 99.2 cm³/mol. The number of morpholine rings is 1. The maximum Gasteiger partial charge on any atom is 0.415 e. The molecule has 8 heteroatoms. The summed E-state index contributed by atoms with van der Waals surface area (Å²) in [4.78, 5) is 26.2. The molecule has 2 aromatic rings. The lowest BCUT2D eigenvalue weighted by molar-refractivity contribution is 0.0416. The molecule has 144 valence electrons. The molecule has 0 atom stereocenters. The molecule has 1 amide bonds. The van der Waals surface area contributed by atoms with Crippen LogP contribution in [0, 0.1) is 5.82 Å². The van der Waals surface area contributed by atoms with Crippen LogP contribution in [0.4, 0.5) is 9.18 Å². The van der Waals surface area contributed by atoms with Crippen LogP contribution < -0.4 is 9.47 Å². The van der Waals surface area contributed by atoms with Crippen molar-refractivity contribution in [1.82, 2.24) is 4.90 Å². The van der Waals surface area contributed by atoms with Gasteiger partial charge in [0.1, 0.15) is 17.3 Å². The van der Waals surface area contributed by atoms with Gasteiger partial charge in [0.05, 0.1) is 23.8 Å². The Morgan fingerprint density at radius 3 is 2.75 bits per heavy atom. The van der Waals surface area contributed by atoms with Crippen molar-refractivity contribution in [3.05, 3.63) is 64.1 Å². The van der Waals surface area contributed by atoms with Gasteiger partial charge in [-0.05, 0) is 30.3 Å². The number of carbonyl (C=O) groups excluding carboxylic acids is 2. The maximum atomic E-state index is 14.0. The van der Waals surface area contributed by atoms with Crippen molar-refractivity contribution >= 4 is 29.6 Å². The number of nitrogens with zero attached hydrogens (tertiary/aromatic N) is 1. The number of halogens is 2.